The molecular formula is C12H23IN4OS. The molecule has 0 saturated heterocycles. The number of aromatic nitrogens is 1. The van der Waals surface area contributed by atoms with Gasteiger partial charge in [0.2, 0.25) is 0 Å². The highest BCUT2D eigenvalue weighted by Crippen LogP contribution is 2.11. The Balaban J connectivity index is 0.00000324. The zero-order valence-electron chi connectivity index (χ0n) is 11.6. The number of nitrogens with zero attached hydrogens (tertiary/aromatic N) is 2. The van der Waals surface area contributed by atoms with E-state index in [2.05, 4.69) is 20.6 Å². The van der Waals surface area contributed by atoms with E-state index in [1.807, 2.05) is 27.0 Å². The van der Waals surface area contributed by atoms with Gasteiger partial charge in [-0.3, -0.25) is 0 Å². The summed E-state index contributed by atoms with van der Waals surface area (Å²) >= 11 is 1.66. The third-order valence-corrected chi connectivity index (χ3v) is 3.21. The van der Waals surface area contributed by atoms with Crippen molar-refractivity contribution in [3.8, 4) is 0 Å². The van der Waals surface area contributed by atoms with Crippen molar-refractivity contribution in [1.29, 1.82) is 0 Å². The molecular weight excluding hydrogens is 375 g/mol. The highest BCUT2D eigenvalue weighted by Gasteiger charge is 2.03. The molecule has 0 amide bonds. The first-order chi connectivity index (χ1) is 8.65. The van der Waals surface area contributed by atoms with Crippen molar-refractivity contribution in [2.45, 2.75) is 27.3 Å². The fourth-order valence-electron chi connectivity index (χ4n) is 1.30. The van der Waals surface area contributed by atoms with Crippen molar-refractivity contribution in [3.05, 3.63) is 16.1 Å². The monoisotopic (exact) mass is 398 g/mol. The maximum absolute atomic E-state index is 8.98. The van der Waals surface area contributed by atoms with Gasteiger partial charge in [0, 0.05) is 30.8 Å². The molecule has 0 spiro atoms. The van der Waals surface area contributed by atoms with Crippen LogP contribution in [0.3, 0.4) is 0 Å². The second-order valence-corrected chi connectivity index (χ2v) is 5.55. The number of hydrogen-bond acceptors (Lipinski definition) is 4. The Morgan fingerprint density at radius 2 is 2.26 bits per heavy atom. The van der Waals surface area contributed by atoms with E-state index in [0.717, 1.165) is 17.5 Å². The van der Waals surface area contributed by atoms with Crippen LogP contribution in [0.2, 0.25) is 0 Å². The van der Waals surface area contributed by atoms with Crippen molar-refractivity contribution in [2.24, 2.45) is 10.9 Å². The molecule has 1 heterocycles. The van der Waals surface area contributed by atoms with Crippen LogP contribution in [0.5, 0.6) is 0 Å². The number of rotatable bonds is 6. The number of aliphatic hydroxyl groups excluding tert-OH is 1. The molecule has 0 aliphatic carbocycles. The highest BCUT2D eigenvalue weighted by atomic mass is 127. The Labute approximate surface area is 136 Å². The number of aliphatic hydroxyl groups is 1. The number of halogens is 1. The lowest BCUT2D eigenvalue weighted by molar-refractivity contribution is 0.238. The van der Waals surface area contributed by atoms with Crippen LogP contribution >= 0.6 is 35.3 Å². The first kappa shape index (κ1) is 18.6. The number of thiazole rings is 1. The first-order valence-electron chi connectivity index (χ1n) is 6.20. The maximum Gasteiger partial charge on any atom is 0.191 e. The molecule has 110 valence electrons. The van der Waals surface area contributed by atoms with Gasteiger partial charge in [-0.05, 0) is 19.8 Å². The van der Waals surface area contributed by atoms with Crippen molar-refractivity contribution in [3.63, 3.8) is 0 Å². The summed E-state index contributed by atoms with van der Waals surface area (Å²) in [4.78, 5) is 9.94. The van der Waals surface area contributed by atoms with E-state index >= 15 is 0 Å². The molecule has 0 bridgehead atoms. The van der Waals surface area contributed by atoms with Gasteiger partial charge in [-0.1, -0.05) is 6.92 Å². The van der Waals surface area contributed by atoms with Crippen molar-refractivity contribution in [2.75, 3.05) is 19.7 Å². The van der Waals surface area contributed by atoms with Crippen LogP contribution < -0.4 is 10.6 Å². The lowest BCUT2D eigenvalue weighted by Gasteiger charge is -2.13. The number of nitrogens with one attached hydrogen (secondary N) is 2. The standard InChI is InChI=1S/C12H22N4OS.HI/c1-4-13-12(15-5-9(2)8-17)16-7-11-14-6-10(3)18-11;/h6,9,17H,4-5,7-8H2,1-3H3,(H2,13,15,16);1H. The Kier molecular flexibility index (Phi) is 10.2. The summed E-state index contributed by atoms with van der Waals surface area (Å²) in [6.45, 7) is 8.34. The number of hydrogen-bond donors (Lipinski definition) is 3. The molecule has 5 nitrogen and oxygen atoms in total. The molecule has 0 aromatic carbocycles. The van der Waals surface area contributed by atoms with Crippen LogP contribution in [0.1, 0.15) is 23.7 Å². The average molecular weight is 398 g/mol. The van der Waals surface area contributed by atoms with Crippen LogP contribution in [0, 0.1) is 12.8 Å². The molecule has 19 heavy (non-hydrogen) atoms. The zero-order chi connectivity index (χ0) is 13.4. The van der Waals surface area contributed by atoms with Gasteiger partial charge >= 0.3 is 0 Å². The number of aliphatic imine (C=N–C) groups is 1. The molecule has 0 radical (unpaired) electrons. The molecule has 0 fully saturated rings. The molecule has 0 aliphatic heterocycles. The quantitative estimate of drug-likeness (QED) is 0.388. The number of guanidine groups is 1. The number of aryl methyl sites for hydroxylation is 1. The van der Waals surface area contributed by atoms with E-state index in [1.165, 1.54) is 4.88 Å². The largest absolute Gasteiger partial charge is 0.396 e. The summed E-state index contributed by atoms with van der Waals surface area (Å²) in [5.41, 5.74) is 0. The SMILES string of the molecule is CCNC(=NCc1ncc(C)s1)NCC(C)CO.I. The summed E-state index contributed by atoms with van der Waals surface area (Å²) in [5, 5.41) is 16.4. The van der Waals surface area contributed by atoms with E-state index in [1.54, 1.807) is 11.3 Å². The van der Waals surface area contributed by atoms with Gasteiger partial charge in [0.15, 0.2) is 5.96 Å². The van der Waals surface area contributed by atoms with Crippen LogP contribution in [0.25, 0.3) is 0 Å². The van der Waals surface area contributed by atoms with Gasteiger partial charge in [-0.15, -0.1) is 35.3 Å². The van der Waals surface area contributed by atoms with E-state index in [0.29, 0.717) is 13.1 Å². The van der Waals surface area contributed by atoms with Crippen molar-refractivity contribution in [1.82, 2.24) is 15.6 Å². The van der Waals surface area contributed by atoms with Gasteiger partial charge in [0.1, 0.15) is 5.01 Å². The minimum absolute atomic E-state index is 0. The molecule has 7 heteroatoms. The van der Waals surface area contributed by atoms with Gasteiger partial charge in [-0.2, -0.15) is 0 Å². The molecule has 1 aromatic rings. The zero-order valence-corrected chi connectivity index (χ0v) is 14.8. The molecule has 0 aliphatic rings. The van der Waals surface area contributed by atoms with E-state index in [4.69, 9.17) is 5.11 Å². The lowest BCUT2D eigenvalue weighted by Crippen LogP contribution is -2.39. The Morgan fingerprint density at radius 3 is 2.79 bits per heavy atom. The smallest absolute Gasteiger partial charge is 0.191 e. The summed E-state index contributed by atoms with van der Waals surface area (Å²) in [6, 6.07) is 0. The molecule has 1 aromatic heterocycles. The van der Waals surface area contributed by atoms with Crippen LogP contribution in [-0.2, 0) is 6.54 Å². The fourth-order valence-corrected chi connectivity index (χ4v) is 2.01. The van der Waals surface area contributed by atoms with Gasteiger partial charge in [0.25, 0.3) is 0 Å². The summed E-state index contributed by atoms with van der Waals surface area (Å²) < 4.78 is 0. The van der Waals surface area contributed by atoms with Crippen LogP contribution in [0.15, 0.2) is 11.2 Å². The topological polar surface area (TPSA) is 69.5 Å². The van der Waals surface area contributed by atoms with Crippen molar-refractivity contribution < 1.29 is 5.11 Å². The van der Waals surface area contributed by atoms with E-state index < -0.39 is 0 Å². The first-order valence-corrected chi connectivity index (χ1v) is 7.01. The van der Waals surface area contributed by atoms with Crippen LogP contribution in [-0.4, -0.2) is 35.7 Å². The van der Waals surface area contributed by atoms with Gasteiger partial charge in [-0.25, -0.2) is 9.98 Å². The second-order valence-electron chi connectivity index (χ2n) is 4.23. The van der Waals surface area contributed by atoms with E-state index in [-0.39, 0.29) is 36.5 Å². The van der Waals surface area contributed by atoms with E-state index in [9.17, 15) is 0 Å². The predicted octanol–water partition coefficient (Wildman–Crippen LogP) is 1.75. The average Bonchev–Trinajstić information content (AvgIpc) is 2.78. The van der Waals surface area contributed by atoms with Gasteiger partial charge in [0.05, 0.1) is 6.54 Å². The minimum atomic E-state index is 0. The fraction of sp³-hybridized carbons (Fsp3) is 0.667. The summed E-state index contributed by atoms with van der Waals surface area (Å²) in [6.07, 6.45) is 1.86. The third-order valence-electron chi connectivity index (χ3n) is 2.32. The Hall–Kier alpha value is -0.410. The molecule has 3 N–H and O–H groups in total. The maximum atomic E-state index is 8.98. The third kappa shape index (κ3) is 7.68. The Morgan fingerprint density at radius 1 is 1.53 bits per heavy atom. The predicted molar refractivity (Wildman–Crippen MR) is 91.3 cm³/mol. The second kappa shape index (κ2) is 10.4. The Bertz CT molecular complexity index is 384. The molecule has 0 saturated carbocycles. The molecule has 1 rings (SSSR count). The molecule has 1 atom stereocenters. The highest BCUT2D eigenvalue weighted by molar-refractivity contribution is 14.0. The summed E-state index contributed by atoms with van der Waals surface area (Å²) in [7, 11) is 0. The normalized spacial score (nSPS) is 12.7. The van der Waals surface area contributed by atoms with Crippen LogP contribution in [0.4, 0.5) is 0 Å². The van der Waals surface area contributed by atoms with Crippen molar-refractivity contribution >= 4 is 41.3 Å². The minimum Gasteiger partial charge on any atom is -0.396 e. The molecule has 1 unspecified atom stereocenters. The summed E-state index contributed by atoms with van der Waals surface area (Å²) in [5.74, 6) is 0.988. The van der Waals surface area contributed by atoms with Gasteiger partial charge < -0.3 is 15.7 Å². The lowest BCUT2D eigenvalue weighted by atomic mass is 10.2.